The smallest absolute Gasteiger partial charge is 0.509 e. The second-order valence-corrected chi connectivity index (χ2v) is 15.4. The van der Waals surface area contributed by atoms with Gasteiger partial charge in [0.15, 0.2) is 0 Å². The zero-order valence-corrected chi connectivity index (χ0v) is 35.3. The molecule has 1 unspecified atom stereocenters. The second-order valence-electron chi connectivity index (χ2n) is 15.4. The van der Waals surface area contributed by atoms with Crippen molar-refractivity contribution in [3.8, 4) is 23.0 Å². The molecule has 282 valence electrons. The van der Waals surface area contributed by atoms with E-state index < -0.39 is 0 Å². The first-order valence-corrected chi connectivity index (χ1v) is 19.8. The zero-order chi connectivity index (χ0) is 37.2. The van der Waals surface area contributed by atoms with Crippen molar-refractivity contribution in [2.24, 2.45) is 11.8 Å². The van der Waals surface area contributed by atoms with Crippen molar-refractivity contribution in [2.75, 3.05) is 0 Å². The molecule has 1 aliphatic carbocycles. The third kappa shape index (κ3) is 7.80. The van der Waals surface area contributed by atoms with Crippen molar-refractivity contribution in [3.63, 3.8) is 0 Å². The van der Waals surface area contributed by atoms with Gasteiger partial charge < -0.3 is 9.30 Å². The van der Waals surface area contributed by atoms with Crippen LogP contribution in [0.25, 0.3) is 38.9 Å². The van der Waals surface area contributed by atoms with Crippen LogP contribution < -0.4 is 4.74 Å². The van der Waals surface area contributed by atoms with E-state index in [1.54, 1.807) is 0 Å². The molecule has 3 aromatic heterocycles. The Labute approximate surface area is 336 Å². The van der Waals surface area contributed by atoms with Gasteiger partial charge in [-0.3, -0.25) is 4.68 Å². The van der Waals surface area contributed by atoms with Crippen molar-refractivity contribution in [3.05, 3.63) is 125 Å². The Morgan fingerprint density at radius 1 is 0.907 bits per heavy atom. The molecule has 5 nitrogen and oxygen atoms in total. The summed E-state index contributed by atoms with van der Waals surface area (Å²) in [5.74, 6) is 3.66. The van der Waals surface area contributed by atoms with Crippen molar-refractivity contribution in [1.82, 2.24) is 19.3 Å². The van der Waals surface area contributed by atoms with Crippen LogP contribution in [0.1, 0.15) is 115 Å². The van der Waals surface area contributed by atoms with Crippen LogP contribution in [0.2, 0.25) is 0 Å². The fourth-order valence-corrected chi connectivity index (χ4v) is 8.63. The van der Waals surface area contributed by atoms with Crippen molar-refractivity contribution in [1.29, 1.82) is 0 Å². The predicted octanol–water partition coefficient (Wildman–Crippen LogP) is 12.7. The van der Waals surface area contributed by atoms with Gasteiger partial charge in [-0.05, 0) is 92.6 Å². The van der Waals surface area contributed by atoms with E-state index in [0.717, 1.165) is 89.4 Å². The minimum Gasteiger partial charge on any atom is -0.509 e. The number of pyridine rings is 1. The summed E-state index contributed by atoms with van der Waals surface area (Å²) in [4.78, 5) is 4.85. The molecule has 3 aromatic carbocycles. The Morgan fingerprint density at radius 3 is 2.44 bits per heavy atom. The Morgan fingerprint density at radius 2 is 1.70 bits per heavy atom. The molecule has 6 heteroatoms. The van der Waals surface area contributed by atoms with Gasteiger partial charge in [0, 0.05) is 40.4 Å². The predicted molar refractivity (Wildman–Crippen MR) is 221 cm³/mol. The first-order valence-electron chi connectivity index (χ1n) is 19.8. The zero-order valence-electron chi connectivity index (χ0n) is 33.0. The van der Waals surface area contributed by atoms with Gasteiger partial charge in [0.1, 0.15) is 5.82 Å². The van der Waals surface area contributed by atoms with Gasteiger partial charge in [-0.1, -0.05) is 101 Å². The summed E-state index contributed by atoms with van der Waals surface area (Å²) in [6.07, 6.45) is 12.9. The molecule has 7 rings (SSSR count). The maximum atomic E-state index is 6.71. The maximum absolute atomic E-state index is 6.71. The molecule has 0 saturated carbocycles. The van der Waals surface area contributed by atoms with Crippen LogP contribution in [0.3, 0.4) is 0 Å². The molecule has 54 heavy (non-hydrogen) atoms. The summed E-state index contributed by atoms with van der Waals surface area (Å²) < 4.78 is 11.1. The van der Waals surface area contributed by atoms with Crippen LogP contribution in [0, 0.1) is 24.0 Å². The largest absolute Gasteiger partial charge is 2.00 e. The Kier molecular flexibility index (Phi) is 12.5. The SMILES string of the molecule is C=C(C)c1cc(Oc2[c-]c3c(cc2)c2ccccc2n3-c2cc(CCCC)ccn2)[c-]c(-n2nc(CCC)c(C3C(C)=C[C@H](C)C[C@@H]3C)c2CCC)c1.[Pt+2]. The number of ether oxygens (including phenoxy) is 1. The first kappa shape index (κ1) is 39.5. The van der Waals surface area contributed by atoms with E-state index in [-0.39, 0.29) is 21.1 Å². The van der Waals surface area contributed by atoms with Crippen molar-refractivity contribution >= 4 is 27.4 Å². The quantitative estimate of drug-likeness (QED) is 0.0857. The van der Waals surface area contributed by atoms with Gasteiger partial charge in [-0.2, -0.15) is 11.2 Å². The molecule has 0 N–H and O–H groups in total. The van der Waals surface area contributed by atoms with Crippen LogP contribution in [0.5, 0.6) is 11.5 Å². The summed E-state index contributed by atoms with van der Waals surface area (Å²) in [5.41, 5.74) is 11.6. The second kappa shape index (κ2) is 17.1. The average Bonchev–Trinajstić information content (AvgIpc) is 3.65. The number of benzene rings is 3. The molecule has 0 radical (unpaired) electrons. The number of rotatable bonds is 13. The summed E-state index contributed by atoms with van der Waals surface area (Å²) in [7, 11) is 0. The molecule has 0 spiro atoms. The van der Waals surface area contributed by atoms with Gasteiger partial charge in [0.05, 0.1) is 5.69 Å². The number of allylic oxidation sites excluding steroid dienone is 3. The van der Waals surface area contributed by atoms with Crippen LogP contribution in [0.15, 0.2) is 85.1 Å². The van der Waals surface area contributed by atoms with Gasteiger partial charge in [-0.15, -0.1) is 41.3 Å². The van der Waals surface area contributed by atoms with E-state index in [2.05, 4.69) is 124 Å². The molecule has 3 atom stereocenters. The van der Waals surface area contributed by atoms with Crippen LogP contribution >= 0.6 is 0 Å². The van der Waals surface area contributed by atoms with Crippen LogP contribution in [-0.2, 0) is 40.3 Å². The molecule has 0 amide bonds. The monoisotopic (exact) mass is 897 g/mol. The molecule has 0 fully saturated rings. The number of fused-ring (bicyclic) bond motifs is 3. The van der Waals surface area contributed by atoms with E-state index in [9.17, 15) is 0 Å². The Bertz CT molecular complexity index is 2310. The normalized spacial score (nSPS) is 17.1. The molecule has 0 bridgehead atoms. The molecule has 1 aliphatic rings. The van der Waals surface area contributed by atoms with E-state index in [1.165, 1.54) is 34.5 Å². The number of aromatic nitrogens is 4. The number of hydrogen-bond acceptors (Lipinski definition) is 3. The van der Waals surface area contributed by atoms with E-state index in [1.807, 2.05) is 25.3 Å². The number of hydrogen-bond donors (Lipinski definition) is 0. The standard InChI is InChI=1S/C48H54N4O.Pt/c1-9-12-17-35-22-23-49-46(26-35)51-43-19-14-13-18-40(43)41-21-20-38(30-45(41)51)53-39-28-36(31(4)5)27-37(29-39)52-44(16-11-3)48(42(50-52)15-10-2)47-33(7)24-32(6)25-34(47)8;/h13-14,18-24,26-28,32,34,47H,4,9-12,15-17,25H2,1-3,5-8H3;/q-2;+2/t32-,34-,47?;/m0./s1. The van der Waals surface area contributed by atoms with E-state index in [4.69, 9.17) is 14.8 Å². The van der Waals surface area contributed by atoms with Crippen molar-refractivity contribution < 1.29 is 25.8 Å². The van der Waals surface area contributed by atoms with Gasteiger partial charge in [0.2, 0.25) is 0 Å². The summed E-state index contributed by atoms with van der Waals surface area (Å²) in [6.45, 7) is 20.2. The topological polar surface area (TPSA) is 44.9 Å². The first-order chi connectivity index (χ1) is 25.7. The summed E-state index contributed by atoms with van der Waals surface area (Å²) >= 11 is 0. The minimum atomic E-state index is 0. The number of para-hydroxylation sites is 1. The molecular weight excluding hydrogens is 844 g/mol. The third-order valence-corrected chi connectivity index (χ3v) is 10.9. The fourth-order valence-electron chi connectivity index (χ4n) is 8.63. The number of aryl methyl sites for hydroxylation is 2. The molecule has 3 heterocycles. The molecule has 0 aliphatic heterocycles. The van der Waals surface area contributed by atoms with Crippen molar-refractivity contribution in [2.45, 2.75) is 106 Å². The van der Waals surface area contributed by atoms with E-state index >= 15 is 0 Å². The van der Waals surface area contributed by atoms with Gasteiger partial charge >= 0.3 is 21.1 Å². The fraction of sp³-hybridized carbons (Fsp3) is 0.375. The average molecular weight is 898 g/mol. The number of unbranched alkanes of at least 4 members (excludes halogenated alkanes) is 1. The van der Waals surface area contributed by atoms with Gasteiger partial charge in [-0.25, -0.2) is 4.98 Å². The van der Waals surface area contributed by atoms with E-state index in [0.29, 0.717) is 29.3 Å². The Balaban J connectivity index is 0.00000497. The maximum Gasteiger partial charge on any atom is 2.00 e. The summed E-state index contributed by atoms with van der Waals surface area (Å²) in [6, 6.07) is 28.5. The Hall–Kier alpha value is -4.21. The van der Waals surface area contributed by atoms with Gasteiger partial charge in [0.25, 0.3) is 0 Å². The minimum absolute atomic E-state index is 0. The molecular formula is C48H54N4OPt. The molecule has 0 saturated heterocycles. The summed E-state index contributed by atoms with van der Waals surface area (Å²) in [5, 5.41) is 7.67. The van der Waals surface area contributed by atoms with Crippen LogP contribution in [0.4, 0.5) is 0 Å². The number of nitrogens with zero attached hydrogens (tertiary/aromatic N) is 4. The molecule has 6 aromatic rings. The van der Waals surface area contributed by atoms with Crippen LogP contribution in [-0.4, -0.2) is 19.3 Å². The third-order valence-electron chi connectivity index (χ3n) is 10.9.